The maximum absolute atomic E-state index is 12.5. The number of piperazine rings is 1. The van der Waals surface area contributed by atoms with Crippen LogP contribution in [0.1, 0.15) is 21.8 Å². The van der Waals surface area contributed by atoms with Gasteiger partial charge in [0, 0.05) is 49.3 Å². The smallest absolute Gasteiger partial charge is 0.291 e. The van der Waals surface area contributed by atoms with Crippen molar-refractivity contribution >= 4 is 28.4 Å². The number of benzene rings is 1. The highest BCUT2D eigenvalue weighted by atomic mass is 16.3. The molecule has 2 aromatic heterocycles. The molecule has 0 unspecified atom stereocenters. The number of hydrogen-bond acceptors (Lipinski definition) is 5. The number of rotatable bonds is 3. The molecular formula is C20H22N4O2. The molecule has 0 spiro atoms. The molecule has 26 heavy (non-hydrogen) atoms. The predicted octanol–water partition coefficient (Wildman–Crippen LogP) is 3.11. The quantitative estimate of drug-likeness (QED) is 0.759. The van der Waals surface area contributed by atoms with Crippen LogP contribution in [-0.2, 0) is 0 Å². The highest BCUT2D eigenvalue weighted by Crippen LogP contribution is 2.25. The molecule has 0 radical (unpaired) electrons. The summed E-state index contributed by atoms with van der Waals surface area (Å²) in [5.74, 6) is -0.00286. The maximum Gasteiger partial charge on any atom is 0.291 e. The fourth-order valence-corrected chi connectivity index (χ4v) is 3.32. The second kappa shape index (κ2) is 6.80. The Morgan fingerprint density at radius 2 is 1.96 bits per heavy atom. The van der Waals surface area contributed by atoms with Crippen LogP contribution in [-0.4, -0.2) is 37.1 Å². The molecule has 4 rings (SSSR count). The van der Waals surface area contributed by atoms with E-state index < -0.39 is 0 Å². The molecule has 1 amide bonds. The van der Waals surface area contributed by atoms with Crippen molar-refractivity contribution in [2.75, 3.05) is 36.4 Å². The van der Waals surface area contributed by atoms with Crippen LogP contribution in [0, 0.1) is 13.8 Å². The summed E-state index contributed by atoms with van der Waals surface area (Å²) in [5, 5.41) is 6.27. The van der Waals surface area contributed by atoms with Crippen molar-refractivity contribution in [2.45, 2.75) is 13.8 Å². The van der Waals surface area contributed by atoms with E-state index >= 15 is 0 Å². The van der Waals surface area contributed by atoms with Gasteiger partial charge >= 0.3 is 0 Å². The summed E-state index contributed by atoms with van der Waals surface area (Å²) in [7, 11) is 0. The van der Waals surface area contributed by atoms with E-state index in [9.17, 15) is 4.79 Å². The number of hydrogen-bond donors (Lipinski definition) is 2. The van der Waals surface area contributed by atoms with Crippen LogP contribution in [0.25, 0.3) is 11.1 Å². The second-order valence-electron chi connectivity index (χ2n) is 6.64. The van der Waals surface area contributed by atoms with Crippen molar-refractivity contribution < 1.29 is 9.21 Å². The Hall–Kier alpha value is -2.86. The van der Waals surface area contributed by atoms with E-state index in [4.69, 9.17) is 4.42 Å². The number of furan rings is 1. The molecule has 2 N–H and O–H groups in total. The fraction of sp³-hybridized carbons (Fsp3) is 0.300. The van der Waals surface area contributed by atoms with Gasteiger partial charge in [-0.25, -0.2) is 4.98 Å². The van der Waals surface area contributed by atoms with Crippen LogP contribution in [0.5, 0.6) is 0 Å². The van der Waals surface area contributed by atoms with Crippen molar-refractivity contribution in [3.63, 3.8) is 0 Å². The Labute approximate surface area is 152 Å². The highest BCUT2D eigenvalue weighted by Gasteiger charge is 2.16. The first-order chi connectivity index (χ1) is 12.6. The van der Waals surface area contributed by atoms with Gasteiger partial charge in [-0.15, -0.1) is 0 Å². The van der Waals surface area contributed by atoms with Crippen molar-refractivity contribution in [2.24, 2.45) is 0 Å². The van der Waals surface area contributed by atoms with Gasteiger partial charge in [-0.05, 0) is 49.7 Å². The number of aryl methyl sites for hydroxylation is 2. The SMILES string of the molecule is Cc1ccc2oc(C(=O)Nc3ccc(N4CCNCC4)c(C)c3)cc2n1. The fourth-order valence-electron chi connectivity index (χ4n) is 3.32. The number of carbonyl (C=O) groups excluding carboxylic acids is 1. The number of nitrogens with zero attached hydrogens (tertiary/aromatic N) is 2. The Kier molecular flexibility index (Phi) is 4.34. The van der Waals surface area contributed by atoms with Crippen molar-refractivity contribution in [1.82, 2.24) is 10.3 Å². The lowest BCUT2D eigenvalue weighted by molar-refractivity contribution is 0.0998. The van der Waals surface area contributed by atoms with Crippen LogP contribution in [0.4, 0.5) is 11.4 Å². The van der Waals surface area contributed by atoms with Crippen LogP contribution in [0.2, 0.25) is 0 Å². The zero-order valence-corrected chi connectivity index (χ0v) is 15.0. The first-order valence-electron chi connectivity index (χ1n) is 8.85. The first-order valence-corrected chi connectivity index (χ1v) is 8.85. The molecule has 3 heterocycles. The zero-order valence-electron chi connectivity index (χ0n) is 15.0. The summed E-state index contributed by atoms with van der Waals surface area (Å²) in [6, 6.07) is 11.4. The molecule has 1 saturated heterocycles. The van der Waals surface area contributed by atoms with Gasteiger partial charge in [-0.1, -0.05) is 0 Å². The van der Waals surface area contributed by atoms with Gasteiger partial charge in [0.25, 0.3) is 5.91 Å². The van der Waals surface area contributed by atoms with E-state index in [2.05, 4.69) is 33.5 Å². The third kappa shape index (κ3) is 3.28. The third-order valence-corrected chi connectivity index (χ3v) is 4.65. The van der Waals surface area contributed by atoms with Crippen LogP contribution < -0.4 is 15.5 Å². The molecule has 134 valence electrons. The van der Waals surface area contributed by atoms with Gasteiger partial charge in [0.05, 0.1) is 0 Å². The lowest BCUT2D eigenvalue weighted by Gasteiger charge is -2.30. The molecule has 0 saturated carbocycles. The number of aromatic nitrogens is 1. The Balaban J connectivity index is 1.52. The van der Waals surface area contributed by atoms with Gasteiger partial charge in [0.1, 0.15) is 5.52 Å². The molecule has 1 aromatic carbocycles. The van der Waals surface area contributed by atoms with Gasteiger partial charge < -0.3 is 20.0 Å². The molecule has 1 fully saturated rings. The largest absolute Gasteiger partial charge is 0.449 e. The van der Waals surface area contributed by atoms with E-state index in [1.807, 2.05) is 31.2 Å². The minimum absolute atomic E-state index is 0.266. The Bertz CT molecular complexity index is 958. The molecular weight excluding hydrogens is 328 g/mol. The molecule has 6 heteroatoms. The van der Waals surface area contributed by atoms with E-state index in [1.54, 1.807) is 6.07 Å². The molecule has 1 aliphatic heterocycles. The maximum atomic E-state index is 12.5. The zero-order chi connectivity index (χ0) is 18.1. The van der Waals surface area contributed by atoms with Crippen molar-refractivity contribution in [3.05, 3.63) is 53.4 Å². The van der Waals surface area contributed by atoms with Crippen molar-refractivity contribution in [1.29, 1.82) is 0 Å². The Morgan fingerprint density at radius 1 is 1.15 bits per heavy atom. The van der Waals surface area contributed by atoms with Crippen molar-refractivity contribution in [3.8, 4) is 0 Å². The number of carbonyl (C=O) groups is 1. The number of pyridine rings is 1. The minimum Gasteiger partial charge on any atom is -0.449 e. The van der Waals surface area contributed by atoms with Gasteiger partial charge in [0.15, 0.2) is 11.3 Å². The molecule has 1 aliphatic rings. The van der Waals surface area contributed by atoms with E-state index in [0.717, 1.165) is 43.1 Å². The number of anilines is 2. The first kappa shape index (κ1) is 16.6. The number of amides is 1. The summed E-state index contributed by atoms with van der Waals surface area (Å²) in [6.07, 6.45) is 0. The van der Waals surface area contributed by atoms with Gasteiger partial charge in [-0.3, -0.25) is 4.79 Å². The summed E-state index contributed by atoms with van der Waals surface area (Å²) >= 11 is 0. The molecule has 3 aromatic rings. The predicted molar refractivity (Wildman–Crippen MR) is 103 cm³/mol. The van der Waals surface area contributed by atoms with Crippen LogP contribution in [0.3, 0.4) is 0 Å². The van der Waals surface area contributed by atoms with Crippen LogP contribution in [0.15, 0.2) is 40.8 Å². The van der Waals surface area contributed by atoms with Gasteiger partial charge in [-0.2, -0.15) is 0 Å². The average molecular weight is 350 g/mol. The van der Waals surface area contributed by atoms with E-state index in [1.165, 1.54) is 5.69 Å². The topological polar surface area (TPSA) is 70.4 Å². The second-order valence-corrected chi connectivity index (χ2v) is 6.64. The lowest BCUT2D eigenvalue weighted by Crippen LogP contribution is -2.43. The summed E-state index contributed by atoms with van der Waals surface area (Å²) in [6.45, 7) is 7.97. The highest BCUT2D eigenvalue weighted by molar-refractivity contribution is 6.04. The monoisotopic (exact) mass is 350 g/mol. The minimum atomic E-state index is -0.269. The lowest BCUT2D eigenvalue weighted by atomic mass is 10.1. The molecule has 0 atom stereocenters. The van der Waals surface area contributed by atoms with E-state index in [-0.39, 0.29) is 11.7 Å². The standard InChI is InChI=1S/C20H22N4O2/c1-13-11-15(4-5-17(13)24-9-7-21-8-10-24)23-20(25)19-12-16-18(26-19)6-3-14(2)22-16/h3-6,11-12,21H,7-10H2,1-2H3,(H,23,25). The summed E-state index contributed by atoms with van der Waals surface area (Å²) < 4.78 is 5.62. The van der Waals surface area contributed by atoms with Crippen LogP contribution >= 0.6 is 0 Å². The van der Waals surface area contributed by atoms with Gasteiger partial charge in [0.2, 0.25) is 0 Å². The normalized spacial score (nSPS) is 14.6. The third-order valence-electron chi connectivity index (χ3n) is 4.65. The number of fused-ring (bicyclic) bond motifs is 1. The summed E-state index contributed by atoms with van der Waals surface area (Å²) in [5.41, 5.74) is 5.33. The number of nitrogens with one attached hydrogen (secondary N) is 2. The van der Waals surface area contributed by atoms with E-state index in [0.29, 0.717) is 11.1 Å². The summed E-state index contributed by atoms with van der Waals surface area (Å²) in [4.78, 5) is 19.3. The molecule has 6 nitrogen and oxygen atoms in total. The average Bonchev–Trinajstić information content (AvgIpc) is 3.06. The molecule has 0 bridgehead atoms. The molecule has 0 aliphatic carbocycles. The Morgan fingerprint density at radius 3 is 2.73 bits per heavy atom.